The fourth-order valence-corrected chi connectivity index (χ4v) is 2.56. The largest absolute Gasteiger partial charge is 0.481 e. The summed E-state index contributed by atoms with van der Waals surface area (Å²) in [5.74, 6) is -0.784. The summed E-state index contributed by atoms with van der Waals surface area (Å²) in [6, 6.07) is 7.84. The van der Waals surface area contributed by atoms with Gasteiger partial charge in [-0.1, -0.05) is 23.7 Å². The maximum Gasteiger partial charge on any atom is 0.305 e. The first-order valence-corrected chi connectivity index (χ1v) is 6.42. The number of aliphatic carboxylic acids is 1. The average Bonchev–Trinajstić information content (AvgIpc) is 2.32. The maximum atomic E-state index is 10.9. The second kappa shape index (κ2) is 5.59. The molecule has 5 heteroatoms. The summed E-state index contributed by atoms with van der Waals surface area (Å²) < 4.78 is 0. The lowest BCUT2D eigenvalue weighted by molar-refractivity contribution is -0.137. The normalized spacial score (nSPS) is 24.0. The average molecular weight is 269 g/mol. The number of anilines is 1. The van der Waals surface area contributed by atoms with Crippen LogP contribution >= 0.6 is 11.6 Å². The van der Waals surface area contributed by atoms with Crippen molar-refractivity contribution in [1.29, 1.82) is 0 Å². The standard InChI is InChI=1S/C13H17ClN2O2/c1-9-8-16(10(7-15-9)6-13(17)18)12-5-3-2-4-11(12)14/h2-5,9-10,15H,6-8H2,1H3,(H,17,18). The Hall–Kier alpha value is -1.26. The van der Waals surface area contributed by atoms with Crippen LogP contribution in [0.1, 0.15) is 13.3 Å². The minimum absolute atomic E-state index is 0.0569. The van der Waals surface area contributed by atoms with Gasteiger partial charge in [-0.05, 0) is 19.1 Å². The van der Waals surface area contributed by atoms with Gasteiger partial charge in [-0.15, -0.1) is 0 Å². The Morgan fingerprint density at radius 1 is 1.56 bits per heavy atom. The van der Waals surface area contributed by atoms with Crippen LogP contribution in [0.15, 0.2) is 24.3 Å². The second-order valence-corrected chi connectivity index (χ2v) is 5.07. The Balaban J connectivity index is 2.25. The van der Waals surface area contributed by atoms with E-state index in [0.717, 1.165) is 12.2 Å². The quantitative estimate of drug-likeness (QED) is 0.880. The number of piperazine rings is 1. The molecule has 0 saturated carbocycles. The van der Waals surface area contributed by atoms with Crippen LogP contribution in [0.3, 0.4) is 0 Å². The summed E-state index contributed by atoms with van der Waals surface area (Å²) in [4.78, 5) is 13.0. The molecule has 0 spiro atoms. The number of nitrogens with zero attached hydrogens (tertiary/aromatic N) is 1. The van der Waals surface area contributed by atoms with E-state index in [1.807, 2.05) is 24.3 Å². The summed E-state index contributed by atoms with van der Waals surface area (Å²) in [6.07, 6.45) is 0.116. The maximum absolute atomic E-state index is 10.9. The molecule has 1 aromatic rings. The van der Waals surface area contributed by atoms with Crippen molar-refractivity contribution in [3.8, 4) is 0 Å². The van der Waals surface area contributed by atoms with E-state index in [2.05, 4.69) is 17.1 Å². The van der Waals surface area contributed by atoms with E-state index in [4.69, 9.17) is 16.7 Å². The third-order valence-corrected chi connectivity index (χ3v) is 3.51. The van der Waals surface area contributed by atoms with Crippen LogP contribution in [0.5, 0.6) is 0 Å². The second-order valence-electron chi connectivity index (χ2n) is 4.66. The summed E-state index contributed by atoms with van der Waals surface area (Å²) >= 11 is 6.20. The van der Waals surface area contributed by atoms with Gasteiger partial charge in [0.05, 0.1) is 23.2 Å². The third-order valence-electron chi connectivity index (χ3n) is 3.19. The van der Waals surface area contributed by atoms with Crippen molar-refractivity contribution in [3.05, 3.63) is 29.3 Å². The third kappa shape index (κ3) is 2.94. The van der Waals surface area contributed by atoms with E-state index in [1.165, 1.54) is 0 Å². The van der Waals surface area contributed by atoms with Crippen LogP contribution in [-0.2, 0) is 4.79 Å². The van der Waals surface area contributed by atoms with Gasteiger partial charge in [0.1, 0.15) is 0 Å². The molecule has 4 nitrogen and oxygen atoms in total. The van der Waals surface area contributed by atoms with Gasteiger partial charge in [-0.3, -0.25) is 4.79 Å². The fraction of sp³-hybridized carbons (Fsp3) is 0.462. The number of para-hydroxylation sites is 1. The number of carboxylic acid groups (broad SMARTS) is 1. The first-order valence-electron chi connectivity index (χ1n) is 6.04. The summed E-state index contributed by atoms with van der Waals surface area (Å²) in [5, 5.41) is 13.0. The van der Waals surface area contributed by atoms with E-state index in [0.29, 0.717) is 17.6 Å². The van der Waals surface area contributed by atoms with Gasteiger partial charge < -0.3 is 15.3 Å². The summed E-state index contributed by atoms with van der Waals surface area (Å²) in [6.45, 7) is 3.52. The number of rotatable bonds is 3. The van der Waals surface area contributed by atoms with E-state index in [9.17, 15) is 4.79 Å². The Bertz CT molecular complexity index is 439. The highest BCUT2D eigenvalue weighted by Gasteiger charge is 2.28. The Morgan fingerprint density at radius 2 is 2.28 bits per heavy atom. The van der Waals surface area contributed by atoms with Crippen LogP contribution < -0.4 is 10.2 Å². The molecule has 0 aliphatic carbocycles. The van der Waals surface area contributed by atoms with E-state index in [-0.39, 0.29) is 12.5 Å². The molecule has 1 aliphatic heterocycles. The molecule has 2 rings (SSSR count). The number of halogens is 1. The lowest BCUT2D eigenvalue weighted by Gasteiger charge is -2.40. The summed E-state index contributed by atoms with van der Waals surface area (Å²) in [5.41, 5.74) is 0.916. The zero-order valence-electron chi connectivity index (χ0n) is 10.3. The Kier molecular flexibility index (Phi) is 4.09. The van der Waals surface area contributed by atoms with Crippen LogP contribution in [0, 0.1) is 0 Å². The highest BCUT2D eigenvalue weighted by molar-refractivity contribution is 6.33. The number of hydrogen-bond acceptors (Lipinski definition) is 3. The van der Waals surface area contributed by atoms with Crippen molar-refractivity contribution in [2.45, 2.75) is 25.4 Å². The minimum Gasteiger partial charge on any atom is -0.481 e. The lowest BCUT2D eigenvalue weighted by atomic mass is 10.1. The van der Waals surface area contributed by atoms with E-state index in [1.54, 1.807) is 0 Å². The molecule has 1 aromatic carbocycles. The molecule has 0 radical (unpaired) electrons. The molecule has 98 valence electrons. The zero-order chi connectivity index (χ0) is 13.1. The topological polar surface area (TPSA) is 52.6 Å². The Labute approximate surface area is 112 Å². The van der Waals surface area contributed by atoms with Crippen LogP contribution in [-0.4, -0.2) is 36.2 Å². The van der Waals surface area contributed by atoms with Gasteiger partial charge in [-0.2, -0.15) is 0 Å². The number of nitrogens with one attached hydrogen (secondary N) is 1. The van der Waals surface area contributed by atoms with Crippen LogP contribution in [0.25, 0.3) is 0 Å². The molecule has 2 atom stereocenters. The van der Waals surface area contributed by atoms with Crippen molar-refractivity contribution in [2.75, 3.05) is 18.0 Å². The number of carbonyl (C=O) groups is 1. The van der Waals surface area contributed by atoms with Gasteiger partial charge in [0, 0.05) is 19.1 Å². The predicted molar refractivity (Wildman–Crippen MR) is 72.3 cm³/mol. The predicted octanol–water partition coefficient (Wildman–Crippen LogP) is 1.98. The summed E-state index contributed by atoms with van der Waals surface area (Å²) in [7, 11) is 0. The van der Waals surface area contributed by atoms with Crippen molar-refractivity contribution in [3.63, 3.8) is 0 Å². The van der Waals surface area contributed by atoms with Gasteiger partial charge in [-0.25, -0.2) is 0 Å². The molecule has 18 heavy (non-hydrogen) atoms. The lowest BCUT2D eigenvalue weighted by Crippen LogP contribution is -2.56. The van der Waals surface area contributed by atoms with Gasteiger partial charge >= 0.3 is 5.97 Å². The van der Waals surface area contributed by atoms with Crippen molar-refractivity contribution < 1.29 is 9.90 Å². The smallest absolute Gasteiger partial charge is 0.305 e. The molecular formula is C13H17ClN2O2. The molecule has 1 aliphatic rings. The molecule has 1 heterocycles. The van der Waals surface area contributed by atoms with Crippen molar-refractivity contribution >= 4 is 23.3 Å². The monoisotopic (exact) mass is 268 g/mol. The molecule has 1 fully saturated rings. The minimum atomic E-state index is -0.784. The molecule has 2 unspecified atom stereocenters. The molecule has 0 bridgehead atoms. The molecule has 2 N–H and O–H groups in total. The highest BCUT2D eigenvalue weighted by atomic mass is 35.5. The van der Waals surface area contributed by atoms with Crippen LogP contribution in [0.4, 0.5) is 5.69 Å². The number of carboxylic acids is 1. The Morgan fingerprint density at radius 3 is 2.94 bits per heavy atom. The number of hydrogen-bond donors (Lipinski definition) is 2. The first kappa shape index (κ1) is 13.2. The highest BCUT2D eigenvalue weighted by Crippen LogP contribution is 2.29. The molecular weight excluding hydrogens is 252 g/mol. The van der Waals surface area contributed by atoms with Gasteiger partial charge in [0.25, 0.3) is 0 Å². The zero-order valence-corrected chi connectivity index (χ0v) is 11.0. The van der Waals surface area contributed by atoms with E-state index >= 15 is 0 Å². The molecule has 0 aromatic heterocycles. The van der Waals surface area contributed by atoms with E-state index < -0.39 is 5.97 Å². The SMILES string of the molecule is CC1CN(c2ccccc2Cl)C(CC(=O)O)CN1. The fourth-order valence-electron chi connectivity index (χ4n) is 2.32. The van der Waals surface area contributed by atoms with Crippen LogP contribution in [0.2, 0.25) is 5.02 Å². The van der Waals surface area contributed by atoms with Crippen molar-refractivity contribution in [1.82, 2.24) is 5.32 Å². The molecule has 1 saturated heterocycles. The van der Waals surface area contributed by atoms with Gasteiger partial charge in [0.2, 0.25) is 0 Å². The molecule has 0 amide bonds. The van der Waals surface area contributed by atoms with Crippen molar-refractivity contribution in [2.24, 2.45) is 0 Å². The number of benzene rings is 1. The van der Waals surface area contributed by atoms with Gasteiger partial charge in [0.15, 0.2) is 0 Å². The first-order chi connectivity index (χ1) is 8.58.